The van der Waals surface area contributed by atoms with Crippen molar-refractivity contribution in [3.8, 4) is 11.1 Å². The number of para-hydroxylation sites is 1. The minimum Gasteiger partial charge on any atom is -0.366 e. The number of benzene rings is 1. The maximum absolute atomic E-state index is 13.0. The van der Waals surface area contributed by atoms with Gasteiger partial charge in [-0.2, -0.15) is 5.10 Å². The summed E-state index contributed by atoms with van der Waals surface area (Å²) in [4.78, 5) is 57.2. The molecule has 5 aromatic rings. The number of piperidine rings is 1. The second-order valence-corrected chi connectivity index (χ2v) is 14.5. The lowest BCUT2D eigenvalue weighted by Crippen LogP contribution is -2.36. The third kappa shape index (κ3) is 6.08. The molecule has 0 bridgehead atoms. The number of aromatic nitrogens is 5. The van der Waals surface area contributed by atoms with Gasteiger partial charge in [-0.15, -0.1) is 0 Å². The summed E-state index contributed by atoms with van der Waals surface area (Å²) in [5, 5.41) is 11.9. The molecule has 52 heavy (non-hydrogen) atoms. The van der Waals surface area contributed by atoms with E-state index in [4.69, 9.17) is 10.1 Å². The van der Waals surface area contributed by atoms with Crippen LogP contribution in [0.25, 0.3) is 22.0 Å². The van der Waals surface area contributed by atoms with E-state index in [0.717, 1.165) is 99.4 Å². The topological polar surface area (TPSA) is 144 Å². The molecular weight excluding hydrogens is 656 g/mol. The molecule has 3 N–H and O–H groups in total. The summed E-state index contributed by atoms with van der Waals surface area (Å²) in [7, 11) is 2.08. The molecular formula is C39H42N10O3. The van der Waals surface area contributed by atoms with E-state index in [1.54, 1.807) is 18.3 Å². The molecule has 266 valence electrons. The number of H-pyrrole nitrogens is 1. The van der Waals surface area contributed by atoms with E-state index in [9.17, 15) is 14.4 Å². The molecule has 13 heteroatoms. The zero-order chi connectivity index (χ0) is 35.3. The number of likely N-dealkylation sites (tertiary alicyclic amines) is 2. The van der Waals surface area contributed by atoms with Crippen LogP contribution in [0.15, 0.2) is 65.7 Å². The summed E-state index contributed by atoms with van der Waals surface area (Å²) in [6.07, 6.45) is 9.42. The molecule has 3 fully saturated rings. The smallest absolute Gasteiger partial charge is 0.272 e. The van der Waals surface area contributed by atoms with E-state index in [1.165, 1.54) is 5.69 Å². The lowest BCUT2D eigenvalue weighted by Gasteiger charge is -2.35. The number of aromatic amines is 1. The second kappa shape index (κ2) is 13.2. The van der Waals surface area contributed by atoms with Crippen molar-refractivity contribution in [3.63, 3.8) is 0 Å². The highest BCUT2D eigenvalue weighted by Gasteiger charge is 2.32. The first-order valence-corrected chi connectivity index (χ1v) is 18.4. The second-order valence-electron chi connectivity index (χ2n) is 14.5. The van der Waals surface area contributed by atoms with Crippen LogP contribution >= 0.6 is 0 Å². The number of carbonyl (C=O) groups excluding carboxylic acids is 2. The number of hydrogen-bond acceptors (Lipinski definition) is 9. The first kappa shape index (κ1) is 32.4. The summed E-state index contributed by atoms with van der Waals surface area (Å²) < 4.78 is 2.23. The van der Waals surface area contributed by atoms with Crippen LogP contribution in [0.1, 0.15) is 66.4 Å². The molecule has 2 saturated heterocycles. The van der Waals surface area contributed by atoms with Crippen molar-refractivity contribution in [2.45, 2.75) is 57.7 Å². The van der Waals surface area contributed by atoms with Gasteiger partial charge in [0.1, 0.15) is 11.5 Å². The van der Waals surface area contributed by atoms with Crippen LogP contribution in [0.3, 0.4) is 0 Å². The van der Waals surface area contributed by atoms with E-state index in [1.807, 2.05) is 41.4 Å². The third-order valence-corrected chi connectivity index (χ3v) is 10.9. The molecule has 1 aliphatic carbocycles. The molecule has 1 aromatic carbocycles. The van der Waals surface area contributed by atoms with Gasteiger partial charge >= 0.3 is 0 Å². The number of anilines is 4. The van der Waals surface area contributed by atoms with Gasteiger partial charge in [0.2, 0.25) is 5.91 Å². The van der Waals surface area contributed by atoms with Crippen molar-refractivity contribution < 1.29 is 9.59 Å². The first-order chi connectivity index (χ1) is 25.4. The van der Waals surface area contributed by atoms with Gasteiger partial charge < -0.3 is 25.4 Å². The largest absolute Gasteiger partial charge is 0.366 e. The molecule has 0 unspecified atom stereocenters. The predicted octanol–water partition coefficient (Wildman–Crippen LogP) is 5.30. The maximum atomic E-state index is 13.0. The number of hydrogen-bond donors (Lipinski definition) is 3. The fourth-order valence-corrected chi connectivity index (χ4v) is 8.06. The Morgan fingerprint density at radius 3 is 2.54 bits per heavy atom. The molecule has 0 atom stereocenters. The van der Waals surface area contributed by atoms with E-state index in [0.29, 0.717) is 34.6 Å². The van der Waals surface area contributed by atoms with E-state index < -0.39 is 0 Å². The van der Waals surface area contributed by atoms with Crippen molar-refractivity contribution in [3.05, 3.63) is 88.4 Å². The van der Waals surface area contributed by atoms with Crippen molar-refractivity contribution in [1.29, 1.82) is 0 Å². The zero-order valence-electron chi connectivity index (χ0n) is 29.3. The van der Waals surface area contributed by atoms with Gasteiger partial charge in [0.25, 0.3) is 11.5 Å². The molecule has 0 spiro atoms. The number of nitrogens with zero attached hydrogens (tertiary/aromatic N) is 7. The summed E-state index contributed by atoms with van der Waals surface area (Å²) in [6.45, 7) is 4.90. The Bertz CT molecular complexity index is 2240. The van der Waals surface area contributed by atoms with Crippen LogP contribution in [0.2, 0.25) is 0 Å². The molecule has 4 aliphatic rings. The fourth-order valence-electron chi connectivity index (χ4n) is 8.06. The molecule has 13 nitrogen and oxygen atoms in total. The third-order valence-electron chi connectivity index (χ3n) is 10.9. The Labute approximate surface area is 301 Å². The monoisotopic (exact) mass is 698 g/mol. The summed E-state index contributed by atoms with van der Waals surface area (Å²) in [5.41, 5.74) is 7.55. The highest BCUT2D eigenvalue weighted by molar-refractivity contribution is 6.00. The van der Waals surface area contributed by atoms with Crippen molar-refractivity contribution in [2.75, 3.05) is 48.8 Å². The summed E-state index contributed by atoms with van der Waals surface area (Å²) >= 11 is 0. The number of nitrogens with one attached hydrogen (secondary N) is 3. The summed E-state index contributed by atoms with van der Waals surface area (Å²) in [6, 6.07) is 15.7. The summed E-state index contributed by atoms with van der Waals surface area (Å²) in [5.74, 6) is 0.452. The van der Waals surface area contributed by atoms with Crippen LogP contribution in [0.5, 0.6) is 0 Å². The molecule has 3 aliphatic heterocycles. The SMILES string of the molecule is CN1Cc2c(cnn2C2CCN(Cc3cccc(C(=O)N4CCCC4)n3)CC2)-c2cccc(Nc3cc(NC(=O)C4CC4)nc4cc[nH]c(=O)c34)c21. The van der Waals surface area contributed by atoms with Gasteiger partial charge in [-0.05, 0) is 62.8 Å². The van der Waals surface area contributed by atoms with Crippen LogP contribution in [0, 0.1) is 5.92 Å². The van der Waals surface area contributed by atoms with Crippen molar-refractivity contribution >= 4 is 45.6 Å². The quantitative estimate of drug-likeness (QED) is 0.197. The Morgan fingerprint density at radius 2 is 1.73 bits per heavy atom. The first-order valence-electron chi connectivity index (χ1n) is 18.4. The highest BCUT2D eigenvalue weighted by Crippen LogP contribution is 2.45. The van der Waals surface area contributed by atoms with E-state index in [-0.39, 0.29) is 29.3 Å². The molecule has 2 amide bonds. The van der Waals surface area contributed by atoms with Crippen LogP contribution < -0.4 is 21.1 Å². The Balaban J connectivity index is 0.930. The van der Waals surface area contributed by atoms with Gasteiger partial charge in [0, 0.05) is 69.1 Å². The molecule has 0 radical (unpaired) electrons. The average molecular weight is 699 g/mol. The molecule has 9 rings (SSSR count). The van der Waals surface area contributed by atoms with Gasteiger partial charge in [-0.3, -0.25) is 24.0 Å². The minimum atomic E-state index is -0.252. The standard InChI is InChI=1S/C39H42N10O3/c1-46-23-33-28(21-41-49(33)26-13-18-47(19-14-26)22-25-6-4-9-31(42-25)39(52)48-16-2-3-17-48)27-7-5-8-30(36(27)46)43-32-20-34(45-37(50)24-10-11-24)44-29-12-15-40-38(51)35(29)32/h4-9,12,15,20-21,24,26H,2-3,10-11,13-14,16-19,22-23H2,1H3,(H,40,51)(H2,43,44,45,50). The van der Waals surface area contributed by atoms with Crippen LogP contribution in [-0.4, -0.2) is 79.6 Å². The molecule has 1 saturated carbocycles. The van der Waals surface area contributed by atoms with Gasteiger partial charge in [-0.25, -0.2) is 9.97 Å². The van der Waals surface area contributed by atoms with Gasteiger partial charge in [0.15, 0.2) is 0 Å². The Morgan fingerprint density at radius 1 is 0.923 bits per heavy atom. The number of rotatable bonds is 8. The lowest BCUT2D eigenvalue weighted by molar-refractivity contribution is -0.117. The zero-order valence-corrected chi connectivity index (χ0v) is 29.3. The minimum absolute atomic E-state index is 0.0306. The highest BCUT2D eigenvalue weighted by atomic mass is 16.2. The molecule has 7 heterocycles. The van der Waals surface area contributed by atoms with Gasteiger partial charge in [0.05, 0.1) is 58.1 Å². The number of fused-ring (bicyclic) bond motifs is 4. The fraction of sp³-hybridized carbons (Fsp3) is 0.385. The van der Waals surface area contributed by atoms with Crippen molar-refractivity contribution in [2.24, 2.45) is 5.92 Å². The lowest BCUT2D eigenvalue weighted by atomic mass is 9.97. The van der Waals surface area contributed by atoms with E-state index in [2.05, 4.69) is 48.2 Å². The van der Waals surface area contributed by atoms with E-state index >= 15 is 0 Å². The number of amides is 2. The normalized spacial score (nSPS) is 17.6. The average Bonchev–Trinajstić information content (AvgIpc) is 3.69. The number of pyridine rings is 3. The predicted molar refractivity (Wildman–Crippen MR) is 200 cm³/mol. The van der Waals surface area contributed by atoms with Gasteiger partial charge in [-0.1, -0.05) is 18.2 Å². The Hall–Kier alpha value is -5.56. The Kier molecular flexibility index (Phi) is 8.22. The van der Waals surface area contributed by atoms with Crippen LogP contribution in [-0.2, 0) is 17.9 Å². The number of carbonyl (C=O) groups is 2. The van der Waals surface area contributed by atoms with Crippen LogP contribution in [0.4, 0.5) is 22.9 Å². The van der Waals surface area contributed by atoms with Crippen molar-refractivity contribution in [1.82, 2.24) is 34.5 Å². The maximum Gasteiger partial charge on any atom is 0.272 e. The molecule has 4 aromatic heterocycles.